The molecular weight excluding hydrogens is 224 g/mol. The van der Waals surface area contributed by atoms with Gasteiger partial charge in [-0.05, 0) is 36.6 Å². The molecule has 1 aromatic rings. The number of carbonyl (C=O) groups excluding carboxylic acids is 1. The number of carbonyl (C=O) groups is 1. The van der Waals surface area contributed by atoms with Gasteiger partial charge in [0.2, 0.25) is 5.91 Å². The van der Waals surface area contributed by atoms with Gasteiger partial charge < -0.3 is 11.1 Å². The number of halogens is 1. The van der Waals surface area contributed by atoms with Crippen LogP contribution >= 0.6 is 11.6 Å². The van der Waals surface area contributed by atoms with Crippen molar-refractivity contribution in [1.82, 2.24) is 5.32 Å². The van der Waals surface area contributed by atoms with Crippen LogP contribution in [0.25, 0.3) is 0 Å². The third-order valence-electron chi connectivity index (χ3n) is 2.98. The van der Waals surface area contributed by atoms with Gasteiger partial charge in [-0.2, -0.15) is 0 Å². The molecule has 1 fully saturated rings. The lowest BCUT2D eigenvalue weighted by atomic mass is 9.88. The predicted molar refractivity (Wildman–Crippen MR) is 64.1 cm³/mol. The molecule has 1 aliphatic heterocycles. The number of nitrogens with one attached hydrogen (secondary N) is 1. The maximum absolute atomic E-state index is 11.5. The summed E-state index contributed by atoms with van der Waals surface area (Å²) >= 11 is 5.83. The highest BCUT2D eigenvalue weighted by Gasteiger charge is 2.26. The highest BCUT2D eigenvalue weighted by Crippen LogP contribution is 2.27. The molecule has 0 bridgehead atoms. The van der Waals surface area contributed by atoms with E-state index in [1.165, 1.54) is 0 Å². The number of hydrogen-bond donors (Lipinski definition) is 2. The SMILES string of the molecule is NCC1CC(=O)NC(c2ccc(Cl)cc2)C1. The van der Waals surface area contributed by atoms with Crippen LogP contribution in [-0.2, 0) is 4.79 Å². The lowest BCUT2D eigenvalue weighted by Crippen LogP contribution is -2.38. The zero-order valence-electron chi connectivity index (χ0n) is 8.95. The average molecular weight is 239 g/mol. The second kappa shape index (κ2) is 4.85. The summed E-state index contributed by atoms with van der Waals surface area (Å²) in [6, 6.07) is 7.66. The van der Waals surface area contributed by atoms with E-state index in [1.54, 1.807) is 0 Å². The van der Waals surface area contributed by atoms with Crippen molar-refractivity contribution in [3.05, 3.63) is 34.9 Å². The van der Waals surface area contributed by atoms with Crippen molar-refractivity contribution in [2.75, 3.05) is 6.54 Å². The van der Waals surface area contributed by atoms with Gasteiger partial charge in [-0.15, -0.1) is 0 Å². The summed E-state index contributed by atoms with van der Waals surface area (Å²) in [5.74, 6) is 0.371. The first kappa shape index (κ1) is 11.4. The van der Waals surface area contributed by atoms with Crippen LogP contribution in [0.5, 0.6) is 0 Å². The van der Waals surface area contributed by atoms with Gasteiger partial charge in [0.15, 0.2) is 0 Å². The largest absolute Gasteiger partial charge is 0.349 e. The molecule has 16 heavy (non-hydrogen) atoms. The molecule has 1 saturated heterocycles. The molecule has 4 heteroatoms. The molecule has 2 atom stereocenters. The molecule has 0 saturated carbocycles. The molecular formula is C12H15ClN2O. The maximum atomic E-state index is 11.5. The van der Waals surface area contributed by atoms with E-state index in [2.05, 4.69) is 5.32 Å². The Balaban J connectivity index is 2.14. The summed E-state index contributed by atoms with van der Waals surface area (Å²) in [5, 5.41) is 3.69. The second-order valence-corrected chi connectivity index (χ2v) is 4.65. The summed E-state index contributed by atoms with van der Waals surface area (Å²) in [6.07, 6.45) is 1.45. The molecule has 0 aliphatic carbocycles. The average Bonchev–Trinajstić information content (AvgIpc) is 2.29. The molecule has 1 heterocycles. The minimum atomic E-state index is 0.0760. The van der Waals surface area contributed by atoms with Crippen molar-refractivity contribution < 1.29 is 4.79 Å². The van der Waals surface area contributed by atoms with Gasteiger partial charge in [-0.1, -0.05) is 23.7 Å². The minimum absolute atomic E-state index is 0.0760. The van der Waals surface area contributed by atoms with Crippen LogP contribution in [0, 0.1) is 5.92 Å². The molecule has 2 rings (SSSR count). The van der Waals surface area contributed by atoms with Crippen LogP contribution < -0.4 is 11.1 Å². The highest BCUT2D eigenvalue weighted by molar-refractivity contribution is 6.30. The predicted octanol–water partition coefficient (Wildman–Crippen LogP) is 1.87. The van der Waals surface area contributed by atoms with Crippen molar-refractivity contribution in [2.45, 2.75) is 18.9 Å². The smallest absolute Gasteiger partial charge is 0.220 e. The number of rotatable bonds is 2. The van der Waals surface area contributed by atoms with Gasteiger partial charge in [-0.25, -0.2) is 0 Å². The fraction of sp³-hybridized carbons (Fsp3) is 0.417. The molecule has 2 unspecified atom stereocenters. The Morgan fingerprint density at radius 1 is 1.38 bits per heavy atom. The molecule has 1 amide bonds. The van der Waals surface area contributed by atoms with E-state index >= 15 is 0 Å². The summed E-state index contributed by atoms with van der Waals surface area (Å²) in [4.78, 5) is 11.5. The Labute approximate surface area is 100.0 Å². The Bertz CT molecular complexity index is 377. The Hall–Kier alpha value is -1.06. The van der Waals surface area contributed by atoms with Gasteiger partial charge in [0.05, 0.1) is 6.04 Å². The number of nitrogens with two attached hydrogens (primary N) is 1. The van der Waals surface area contributed by atoms with Crippen molar-refractivity contribution in [1.29, 1.82) is 0 Å². The van der Waals surface area contributed by atoms with Gasteiger partial charge in [0.25, 0.3) is 0 Å². The molecule has 1 aliphatic rings. The number of benzene rings is 1. The number of piperidine rings is 1. The summed E-state index contributed by atoms with van der Waals surface area (Å²) < 4.78 is 0. The molecule has 3 N–H and O–H groups in total. The van der Waals surface area contributed by atoms with Crippen molar-refractivity contribution in [3.8, 4) is 0 Å². The third-order valence-corrected chi connectivity index (χ3v) is 3.24. The second-order valence-electron chi connectivity index (χ2n) is 4.21. The van der Waals surface area contributed by atoms with E-state index in [0.717, 1.165) is 12.0 Å². The zero-order valence-corrected chi connectivity index (χ0v) is 9.70. The topological polar surface area (TPSA) is 55.1 Å². The first-order valence-electron chi connectivity index (χ1n) is 5.44. The van der Waals surface area contributed by atoms with E-state index < -0.39 is 0 Å². The zero-order chi connectivity index (χ0) is 11.5. The van der Waals surface area contributed by atoms with Gasteiger partial charge in [0.1, 0.15) is 0 Å². The molecule has 1 aromatic carbocycles. The van der Waals surface area contributed by atoms with Gasteiger partial charge >= 0.3 is 0 Å². The van der Waals surface area contributed by atoms with Crippen LogP contribution in [0.2, 0.25) is 5.02 Å². The van der Waals surface area contributed by atoms with E-state index in [0.29, 0.717) is 18.0 Å². The molecule has 3 nitrogen and oxygen atoms in total. The fourth-order valence-electron chi connectivity index (χ4n) is 2.09. The highest BCUT2D eigenvalue weighted by atomic mass is 35.5. The van der Waals surface area contributed by atoms with Crippen molar-refractivity contribution >= 4 is 17.5 Å². The Morgan fingerprint density at radius 3 is 2.69 bits per heavy atom. The van der Waals surface area contributed by atoms with E-state index in [9.17, 15) is 4.79 Å². The Morgan fingerprint density at radius 2 is 2.06 bits per heavy atom. The molecule has 0 radical (unpaired) electrons. The normalized spacial score (nSPS) is 25.2. The standard InChI is InChI=1S/C12H15ClN2O/c13-10-3-1-9(2-4-10)11-5-8(7-14)6-12(16)15-11/h1-4,8,11H,5-7,14H2,(H,15,16). The van der Waals surface area contributed by atoms with E-state index in [-0.39, 0.29) is 17.9 Å². The number of hydrogen-bond acceptors (Lipinski definition) is 2. The first-order chi connectivity index (χ1) is 7.69. The van der Waals surface area contributed by atoms with Crippen LogP contribution in [0.3, 0.4) is 0 Å². The van der Waals surface area contributed by atoms with Crippen LogP contribution in [0.1, 0.15) is 24.4 Å². The molecule has 0 aromatic heterocycles. The first-order valence-corrected chi connectivity index (χ1v) is 5.81. The fourth-order valence-corrected chi connectivity index (χ4v) is 2.21. The molecule has 0 spiro atoms. The van der Waals surface area contributed by atoms with Crippen molar-refractivity contribution in [3.63, 3.8) is 0 Å². The lowest BCUT2D eigenvalue weighted by molar-refractivity contribution is -0.124. The van der Waals surface area contributed by atoms with Gasteiger partial charge in [-0.3, -0.25) is 4.79 Å². The van der Waals surface area contributed by atoms with Gasteiger partial charge in [0, 0.05) is 11.4 Å². The number of amides is 1. The monoisotopic (exact) mass is 238 g/mol. The quantitative estimate of drug-likeness (QED) is 0.827. The van der Waals surface area contributed by atoms with Crippen LogP contribution in [-0.4, -0.2) is 12.5 Å². The van der Waals surface area contributed by atoms with E-state index in [4.69, 9.17) is 17.3 Å². The Kier molecular flexibility index (Phi) is 3.46. The summed E-state index contributed by atoms with van der Waals surface area (Å²) in [5.41, 5.74) is 6.72. The van der Waals surface area contributed by atoms with Crippen molar-refractivity contribution in [2.24, 2.45) is 11.7 Å². The maximum Gasteiger partial charge on any atom is 0.220 e. The summed E-state index contributed by atoms with van der Waals surface area (Å²) in [7, 11) is 0. The minimum Gasteiger partial charge on any atom is -0.349 e. The third kappa shape index (κ3) is 2.54. The molecule has 86 valence electrons. The van der Waals surface area contributed by atoms with Crippen LogP contribution in [0.15, 0.2) is 24.3 Å². The lowest BCUT2D eigenvalue weighted by Gasteiger charge is -2.29. The van der Waals surface area contributed by atoms with Crippen LogP contribution in [0.4, 0.5) is 0 Å². The summed E-state index contributed by atoms with van der Waals surface area (Å²) in [6.45, 7) is 0.567. The van der Waals surface area contributed by atoms with E-state index in [1.807, 2.05) is 24.3 Å².